The molecule has 0 aromatic carbocycles. The van der Waals surface area contributed by atoms with E-state index in [1.54, 1.807) is 0 Å². The van der Waals surface area contributed by atoms with Gasteiger partial charge in [0.05, 0.1) is 0 Å². The van der Waals surface area contributed by atoms with Crippen molar-refractivity contribution in [3.63, 3.8) is 0 Å². The summed E-state index contributed by atoms with van der Waals surface area (Å²) < 4.78 is 0. The second-order valence-electron chi connectivity index (χ2n) is 0.542. The second-order valence-corrected chi connectivity index (χ2v) is 0.542. The fraction of sp³-hybridized carbons (Fsp3) is 0. The summed E-state index contributed by atoms with van der Waals surface area (Å²) in [5.41, 5.74) is 0. The number of aliphatic carboxylic acids is 1. The molecule has 0 atom stereocenters. The van der Waals surface area contributed by atoms with Crippen LogP contribution in [0.25, 0.3) is 0 Å². The Kier molecular flexibility index (Phi) is 21.2. The maximum absolute atomic E-state index is 9.25. The first kappa shape index (κ1) is 15.7. The zero-order chi connectivity index (χ0) is 4.28. The maximum Gasteiger partial charge on any atom is 1.00 e. The van der Waals surface area contributed by atoms with Crippen LogP contribution in [0.1, 0.15) is 0 Å². The van der Waals surface area contributed by atoms with Gasteiger partial charge >= 0.3 is 35.5 Å². The van der Waals surface area contributed by atoms with Crippen LogP contribution in [0.15, 0.2) is 12.7 Å². The normalized spacial score (nSPS) is 4.57. The molecule has 0 spiro atoms. The van der Waals surface area contributed by atoms with Crippen LogP contribution in [0.4, 0.5) is 0 Å². The predicted octanol–water partition coefficient (Wildman–Crippen LogP) is -5.73. The molecule has 0 aromatic heterocycles. The minimum absolute atomic E-state index is 0. The number of hydrogen-bond acceptors (Lipinski definition) is 1. The number of rotatable bonds is 1. The number of carbonyl (C=O) groups is 1. The van der Waals surface area contributed by atoms with Gasteiger partial charge in [0.2, 0.25) is 0 Å². The van der Waals surface area contributed by atoms with Crippen LogP contribution >= 0.6 is 0 Å². The van der Waals surface area contributed by atoms with Gasteiger partial charge in [-0.3, -0.25) is 0 Å². The first-order chi connectivity index (χ1) is 2.27. The van der Waals surface area contributed by atoms with Gasteiger partial charge in [-0.1, -0.05) is 6.58 Å². The van der Waals surface area contributed by atoms with Crippen molar-refractivity contribution in [3.05, 3.63) is 12.7 Å². The van der Waals surface area contributed by atoms with Crippen molar-refractivity contribution >= 4 is 5.97 Å². The first-order valence-corrected chi connectivity index (χ1v) is 1.12. The summed E-state index contributed by atoms with van der Waals surface area (Å²) in [5, 5.41) is 7.60. The van der Waals surface area contributed by atoms with Crippen molar-refractivity contribution in [1.29, 1.82) is 0 Å². The molecule has 0 radical (unpaired) electrons. The van der Waals surface area contributed by atoms with E-state index in [4.69, 9.17) is 5.11 Å². The van der Waals surface area contributed by atoms with Crippen molar-refractivity contribution in [2.45, 2.75) is 0 Å². The molecule has 0 aliphatic heterocycles. The predicted molar refractivity (Wildman–Crippen MR) is 17.8 cm³/mol. The van der Waals surface area contributed by atoms with Gasteiger partial charge < -0.3 is 9.81 Å². The van der Waals surface area contributed by atoms with Crippen molar-refractivity contribution in [3.8, 4) is 0 Å². The fourth-order valence-corrected chi connectivity index (χ4v) is 0. The van der Waals surface area contributed by atoms with Gasteiger partial charge in [-0.25, -0.2) is 4.79 Å². The third-order valence-corrected chi connectivity index (χ3v) is 0.175. The van der Waals surface area contributed by atoms with Gasteiger partial charge in [-0.15, -0.1) is 0 Å². The minimum atomic E-state index is -0.981. The van der Waals surface area contributed by atoms with Gasteiger partial charge in [0.25, 0.3) is 0 Å². The van der Waals surface area contributed by atoms with Crippen LogP contribution in [0.2, 0.25) is 0 Å². The Hall–Kier alpha value is 0.140. The molecule has 0 amide bonds. The number of hydrogen-bond donors (Lipinski definition) is 1. The van der Waals surface area contributed by atoms with E-state index in [2.05, 4.69) is 6.58 Å². The summed E-state index contributed by atoms with van der Waals surface area (Å²) >= 11 is 0. The van der Waals surface area contributed by atoms with E-state index in [0.717, 1.165) is 6.08 Å². The molecule has 0 aliphatic rings. The van der Waals surface area contributed by atoms with Crippen LogP contribution < -0.4 is 34.3 Å². The first-order valence-electron chi connectivity index (χ1n) is 1.12. The third kappa shape index (κ3) is 23.0. The average Bonchev–Trinajstić information content (AvgIpc) is 1.38. The molecular weight excluding hydrogens is 110 g/mol. The third-order valence-electron chi connectivity index (χ3n) is 0.175. The molecular formula is C3H4FNaO2. The molecule has 0 heterocycles. The summed E-state index contributed by atoms with van der Waals surface area (Å²) in [6.45, 7) is 2.96. The molecule has 36 valence electrons. The summed E-state index contributed by atoms with van der Waals surface area (Å²) in [6.07, 6.45) is 0.833. The Morgan fingerprint density at radius 1 is 1.71 bits per heavy atom. The Balaban J connectivity index is -0.0000000800. The maximum atomic E-state index is 9.25. The van der Waals surface area contributed by atoms with Crippen molar-refractivity contribution in [1.82, 2.24) is 0 Å². The van der Waals surface area contributed by atoms with E-state index in [1.165, 1.54) is 0 Å². The van der Waals surface area contributed by atoms with Gasteiger partial charge in [-0.2, -0.15) is 0 Å². The van der Waals surface area contributed by atoms with Crippen LogP contribution in [-0.2, 0) is 4.79 Å². The Bertz CT molecular complexity index is 64.0. The molecule has 0 saturated heterocycles. The summed E-state index contributed by atoms with van der Waals surface area (Å²) in [6, 6.07) is 0. The average molecular weight is 114 g/mol. The SMILES string of the molecule is C=CC(=O)O.[F-].[Na+]. The summed E-state index contributed by atoms with van der Waals surface area (Å²) in [4.78, 5) is 9.25. The molecule has 2 nitrogen and oxygen atoms in total. The van der Waals surface area contributed by atoms with Gasteiger partial charge in [0.15, 0.2) is 0 Å². The van der Waals surface area contributed by atoms with Crippen molar-refractivity contribution < 1.29 is 44.2 Å². The van der Waals surface area contributed by atoms with E-state index in [0.29, 0.717) is 0 Å². The Morgan fingerprint density at radius 2 is 1.86 bits per heavy atom. The monoisotopic (exact) mass is 114 g/mol. The summed E-state index contributed by atoms with van der Waals surface area (Å²) in [5.74, 6) is -0.981. The molecule has 0 unspecified atom stereocenters. The zero-order valence-electron chi connectivity index (χ0n) is 4.02. The molecule has 1 N–H and O–H groups in total. The smallest absolute Gasteiger partial charge is 1.00 e. The van der Waals surface area contributed by atoms with Crippen LogP contribution in [0, 0.1) is 0 Å². The van der Waals surface area contributed by atoms with Crippen LogP contribution in [0.3, 0.4) is 0 Å². The Labute approximate surface area is 62.9 Å². The fourth-order valence-electron chi connectivity index (χ4n) is 0. The summed E-state index contributed by atoms with van der Waals surface area (Å²) in [7, 11) is 0. The second kappa shape index (κ2) is 9.46. The van der Waals surface area contributed by atoms with E-state index in [9.17, 15) is 4.79 Å². The van der Waals surface area contributed by atoms with Gasteiger partial charge in [0, 0.05) is 6.08 Å². The van der Waals surface area contributed by atoms with E-state index < -0.39 is 5.97 Å². The van der Waals surface area contributed by atoms with Crippen molar-refractivity contribution in [2.24, 2.45) is 0 Å². The number of carboxylic acid groups (broad SMARTS) is 1. The van der Waals surface area contributed by atoms with E-state index >= 15 is 0 Å². The molecule has 7 heavy (non-hydrogen) atoms. The molecule has 0 aliphatic carbocycles. The van der Waals surface area contributed by atoms with Crippen LogP contribution in [0.5, 0.6) is 0 Å². The standard InChI is InChI=1S/C3H4O2.FH.Na/c1-2-3(4)5;;/h2H,1H2,(H,4,5);1H;/q;;+1/p-1. The van der Waals surface area contributed by atoms with Crippen molar-refractivity contribution in [2.75, 3.05) is 0 Å². The largest absolute Gasteiger partial charge is 1.00 e. The number of halogens is 1. The minimum Gasteiger partial charge on any atom is -1.00 e. The topological polar surface area (TPSA) is 37.3 Å². The Morgan fingerprint density at radius 3 is 1.86 bits per heavy atom. The number of carboxylic acids is 1. The van der Waals surface area contributed by atoms with E-state index in [-0.39, 0.29) is 34.3 Å². The van der Waals surface area contributed by atoms with Crippen LogP contribution in [-0.4, -0.2) is 11.1 Å². The molecule has 0 rings (SSSR count). The molecule has 0 fully saturated rings. The van der Waals surface area contributed by atoms with Gasteiger partial charge in [0.1, 0.15) is 0 Å². The molecule has 0 saturated carbocycles. The van der Waals surface area contributed by atoms with Gasteiger partial charge in [-0.05, 0) is 0 Å². The quantitative estimate of drug-likeness (QED) is 0.272. The molecule has 4 heteroatoms. The molecule has 0 bridgehead atoms. The molecule has 0 aromatic rings. The van der Waals surface area contributed by atoms with E-state index in [1.807, 2.05) is 0 Å². The zero-order valence-corrected chi connectivity index (χ0v) is 6.02.